The van der Waals surface area contributed by atoms with Crippen molar-refractivity contribution in [3.63, 3.8) is 0 Å². The van der Waals surface area contributed by atoms with Crippen LogP contribution in [0.25, 0.3) is 0 Å². The molecule has 0 saturated heterocycles. The second kappa shape index (κ2) is 7.57. The van der Waals surface area contributed by atoms with Crippen molar-refractivity contribution in [2.24, 2.45) is 0 Å². The van der Waals surface area contributed by atoms with Crippen LogP contribution >= 0.6 is 23.1 Å². The van der Waals surface area contributed by atoms with Gasteiger partial charge in [0.1, 0.15) is 5.82 Å². The molecule has 0 unspecified atom stereocenters. The van der Waals surface area contributed by atoms with Crippen molar-refractivity contribution in [3.8, 4) is 0 Å². The highest BCUT2D eigenvalue weighted by Gasteiger charge is 2.06. The molecule has 23 heavy (non-hydrogen) atoms. The maximum atomic E-state index is 12.9. The Labute approximate surface area is 143 Å². The minimum absolute atomic E-state index is 0.211. The molecule has 0 aliphatic carbocycles. The Hall–Kier alpha value is -1.92. The molecule has 3 rings (SSSR count). The van der Waals surface area contributed by atoms with E-state index in [0.29, 0.717) is 0 Å². The van der Waals surface area contributed by atoms with Gasteiger partial charge in [-0.15, -0.1) is 10.2 Å². The second-order valence-corrected chi connectivity index (χ2v) is 7.27. The van der Waals surface area contributed by atoms with E-state index in [4.69, 9.17) is 0 Å². The molecule has 1 N–H and O–H groups in total. The Balaban J connectivity index is 1.53. The molecule has 2 aromatic carbocycles. The molecule has 0 aliphatic heterocycles. The zero-order valence-electron chi connectivity index (χ0n) is 12.6. The van der Waals surface area contributed by atoms with E-state index in [0.717, 1.165) is 27.3 Å². The van der Waals surface area contributed by atoms with E-state index in [1.165, 1.54) is 34.6 Å². The first kappa shape index (κ1) is 16.0. The van der Waals surface area contributed by atoms with E-state index >= 15 is 0 Å². The number of hydrogen-bond donors (Lipinski definition) is 1. The van der Waals surface area contributed by atoms with Crippen LogP contribution in [0, 0.1) is 12.7 Å². The van der Waals surface area contributed by atoms with E-state index in [1.54, 1.807) is 23.9 Å². The van der Waals surface area contributed by atoms with Crippen molar-refractivity contribution < 1.29 is 4.39 Å². The highest BCUT2D eigenvalue weighted by molar-refractivity contribution is 8.00. The van der Waals surface area contributed by atoms with Gasteiger partial charge >= 0.3 is 0 Å². The summed E-state index contributed by atoms with van der Waals surface area (Å²) in [7, 11) is 0. The molecule has 1 heterocycles. The van der Waals surface area contributed by atoms with E-state index in [-0.39, 0.29) is 5.82 Å². The average molecular weight is 345 g/mol. The largest absolute Gasteiger partial charge is 0.356 e. The van der Waals surface area contributed by atoms with Gasteiger partial charge < -0.3 is 5.32 Å². The predicted octanol–water partition coefficient (Wildman–Crippen LogP) is 4.89. The first-order valence-electron chi connectivity index (χ1n) is 7.20. The van der Waals surface area contributed by atoms with Crippen LogP contribution in [-0.2, 0) is 12.3 Å². The van der Waals surface area contributed by atoms with Gasteiger partial charge in [-0.05, 0) is 35.7 Å². The van der Waals surface area contributed by atoms with Gasteiger partial charge in [0.2, 0.25) is 5.13 Å². The second-order valence-electron chi connectivity index (χ2n) is 5.07. The molecule has 0 radical (unpaired) electrons. The zero-order chi connectivity index (χ0) is 16.1. The smallest absolute Gasteiger partial charge is 0.206 e. The highest BCUT2D eigenvalue weighted by Crippen LogP contribution is 2.28. The molecule has 0 bridgehead atoms. The van der Waals surface area contributed by atoms with E-state index in [2.05, 4.69) is 34.6 Å². The van der Waals surface area contributed by atoms with Gasteiger partial charge in [0.05, 0.1) is 0 Å². The zero-order valence-corrected chi connectivity index (χ0v) is 14.3. The first-order valence-corrected chi connectivity index (χ1v) is 9.00. The molecule has 0 spiro atoms. The Kier molecular flexibility index (Phi) is 5.25. The van der Waals surface area contributed by atoms with E-state index in [1.807, 2.05) is 12.1 Å². The van der Waals surface area contributed by atoms with Gasteiger partial charge in [-0.1, -0.05) is 59.5 Å². The fraction of sp³-hybridized carbons (Fsp3) is 0.176. The third kappa shape index (κ3) is 4.53. The predicted molar refractivity (Wildman–Crippen MR) is 94.4 cm³/mol. The maximum absolute atomic E-state index is 12.9. The molecule has 0 amide bonds. The summed E-state index contributed by atoms with van der Waals surface area (Å²) in [6.45, 7) is 2.84. The standard InChI is InChI=1S/C17H16FN3S2/c1-12-4-2-3-5-14(12)10-19-16-20-21-17(23-16)22-11-13-6-8-15(18)9-7-13/h2-9H,10-11H2,1H3,(H,19,20). The van der Waals surface area contributed by atoms with Crippen LogP contribution in [0.15, 0.2) is 52.9 Å². The molecular weight excluding hydrogens is 329 g/mol. The summed E-state index contributed by atoms with van der Waals surface area (Å²) < 4.78 is 13.8. The number of aromatic nitrogens is 2. The van der Waals surface area contributed by atoms with Gasteiger partial charge in [-0.2, -0.15) is 0 Å². The number of anilines is 1. The van der Waals surface area contributed by atoms with Gasteiger partial charge in [-0.25, -0.2) is 4.39 Å². The van der Waals surface area contributed by atoms with Crippen molar-refractivity contribution in [1.29, 1.82) is 0 Å². The number of nitrogens with zero attached hydrogens (tertiary/aromatic N) is 2. The van der Waals surface area contributed by atoms with Crippen LogP contribution in [0.1, 0.15) is 16.7 Å². The monoisotopic (exact) mass is 345 g/mol. The topological polar surface area (TPSA) is 37.8 Å². The molecule has 6 heteroatoms. The van der Waals surface area contributed by atoms with Crippen LogP contribution in [0.2, 0.25) is 0 Å². The fourth-order valence-corrected chi connectivity index (χ4v) is 3.75. The highest BCUT2D eigenvalue weighted by atomic mass is 32.2. The average Bonchev–Trinajstić information content (AvgIpc) is 3.02. The lowest BCUT2D eigenvalue weighted by Gasteiger charge is -2.05. The lowest BCUT2D eigenvalue weighted by atomic mass is 10.1. The summed E-state index contributed by atoms with van der Waals surface area (Å²) in [6, 6.07) is 14.8. The van der Waals surface area contributed by atoms with Crippen molar-refractivity contribution >= 4 is 28.2 Å². The molecule has 3 nitrogen and oxygen atoms in total. The quantitative estimate of drug-likeness (QED) is 0.646. The van der Waals surface area contributed by atoms with Gasteiger partial charge in [0.25, 0.3) is 0 Å². The summed E-state index contributed by atoms with van der Waals surface area (Å²) in [4.78, 5) is 0. The number of rotatable bonds is 6. The van der Waals surface area contributed by atoms with Gasteiger partial charge in [0.15, 0.2) is 4.34 Å². The van der Waals surface area contributed by atoms with Crippen LogP contribution in [-0.4, -0.2) is 10.2 Å². The summed E-state index contributed by atoms with van der Waals surface area (Å²) in [6.07, 6.45) is 0. The molecule has 0 saturated carbocycles. The molecule has 1 aromatic heterocycles. The lowest BCUT2D eigenvalue weighted by molar-refractivity contribution is 0.627. The van der Waals surface area contributed by atoms with Gasteiger partial charge in [-0.3, -0.25) is 0 Å². The van der Waals surface area contributed by atoms with Crippen LogP contribution in [0.4, 0.5) is 9.52 Å². The third-order valence-electron chi connectivity index (χ3n) is 3.37. The van der Waals surface area contributed by atoms with Crippen LogP contribution in [0.3, 0.4) is 0 Å². The number of nitrogens with one attached hydrogen (secondary N) is 1. The minimum Gasteiger partial charge on any atom is -0.356 e. The fourth-order valence-electron chi connectivity index (χ4n) is 2.04. The van der Waals surface area contributed by atoms with Crippen molar-refractivity contribution in [3.05, 3.63) is 71.0 Å². The lowest BCUT2D eigenvalue weighted by Crippen LogP contribution is -2.00. The molecule has 118 valence electrons. The van der Waals surface area contributed by atoms with Crippen molar-refractivity contribution in [2.45, 2.75) is 23.6 Å². The number of halogens is 1. The summed E-state index contributed by atoms with van der Waals surface area (Å²) >= 11 is 3.14. The number of benzene rings is 2. The minimum atomic E-state index is -0.211. The molecule has 3 aromatic rings. The molecular formula is C17H16FN3S2. The number of thioether (sulfide) groups is 1. The Bertz CT molecular complexity index is 772. The van der Waals surface area contributed by atoms with E-state index < -0.39 is 0 Å². The Morgan fingerprint density at radius 1 is 1.09 bits per heavy atom. The normalized spacial score (nSPS) is 10.7. The number of aryl methyl sites for hydroxylation is 1. The van der Waals surface area contributed by atoms with Crippen LogP contribution < -0.4 is 5.32 Å². The Morgan fingerprint density at radius 3 is 2.65 bits per heavy atom. The maximum Gasteiger partial charge on any atom is 0.206 e. The SMILES string of the molecule is Cc1ccccc1CNc1nnc(SCc2ccc(F)cc2)s1. The molecule has 0 atom stereocenters. The molecule has 0 aliphatic rings. The summed E-state index contributed by atoms with van der Waals surface area (Å²) in [5.74, 6) is 0.546. The molecule has 0 fully saturated rings. The first-order chi connectivity index (χ1) is 11.2. The Morgan fingerprint density at radius 2 is 1.87 bits per heavy atom. The van der Waals surface area contributed by atoms with Crippen molar-refractivity contribution in [2.75, 3.05) is 5.32 Å². The summed E-state index contributed by atoms with van der Waals surface area (Å²) in [5.41, 5.74) is 3.58. The van der Waals surface area contributed by atoms with Crippen molar-refractivity contribution in [1.82, 2.24) is 10.2 Å². The van der Waals surface area contributed by atoms with Gasteiger partial charge in [0, 0.05) is 12.3 Å². The third-order valence-corrected chi connectivity index (χ3v) is 5.46. The summed E-state index contributed by atoms with van der Waals surface area (Å²) in [5, 5.41) is 12.5. The van der Waals surface area contributed by atoms with Crippen LogP contribution in [0.5, 0.6) is 0 Å². The van der Waals surface area contributed by atoms with E-state index in [9.17, 15) is 4.39 Å². The number of hydrogen-bond acceptors (Lipinski definition) is 5.